The van der Waals surface area contributed by atoms with Gasteiger partial charge in [0.05, 0.1) is 10.7 Å². The lowest BCUT2D eigenvalue weighted by Crippen LogP contribution is -2.28. The Morgan fingerprint density at radius 1 is 0.903 bits per heavy atom. The van der Waals surface area contributed by atoms with Crippen molar-refractivity contribution in [3.8, 4) is 0 Å². The van der Waals surface area contributed by atoms with E-state index in [4.69, 9.17) is 0 Å². The third kappa shape index (κ3) is 3.97. The summed E-state index contributed by atoms with van der Waals surface area (Å²) in [5.41, 5.74) is 4.93. The van der Waals surface area contributed by atoms with Gasteiger partial charge in [0.25, 0.3) is 5.01 Å². The van der Waals surface area contributed by atoms with Gasteiger partial charge in [-0.05, 0) is 41.5 Å². The van der Waals surface area contributed by atoms with E-state index in [1.165, 1.54) is 42.0 Å². The lowest BCUT2D eigenvalue weighted by atomic mass is 10.1. The molecule has 152 valence electrons. The van der Waals surface area contributed by atoms with Gasteiger partial charge in [0.2, 0.25) is 5.52 Å². The molecular formula is C27H23N2S2+. The van der Waals surface area contributed by atoms with Crippen LogP contribution in [0.4, 0.5) is 5.69 Å². The van der Waals surface area contributed by atoms with Gasteiger partial charge in [-0.3, -0.25) is 0 Å². The number of allylic oxidation sites excluding steroid dienone is 4. The highest BCUT2D eigenvalue weighted by atomic mass is 32.2. The summed E-state index contributed by atoms with van der Waals surface area (Å²) in [7, 11) is 4.27. The van der Waals surface area contributed by atoms with Crippen LogP contribution in [-0.2, 0) is 7.05 Å². The standard InChI is InChI=1S/C27H23N2S2/c1-28-22-12-6-8-14-24(22)30-26(28)18-16-21(20-10-4-3-5-11-20)17-19-27-29(2)23-13-7-9-15-25(23)31-27/h3-19H,1-2H3/q+1. The smallest absolute Gasteiger partial charge is 0.262 e. The van der Waals surface area contributed by atoms with Gasteiger partial charge in [-0.25, -0.2) is 0 Å². The van der Waals surface area contributed by atoms with Crippen molar-refractivity contribution < 1.29 is 4.57 Å². The molecular weight excluding hydrogens is 416 g/mol. The highest BCUT2D eigenvalue weighted by Crippen LogP contribution is 2.44. The fraction of sp³-hybridized carbons (Fsp3) is 0.0741. The van der Waals surface area contributed by atoms with Crippen LogP contribution < -0.4 is 9.47 Å². The summed E-state index contributed by atoms with van der Waals surface area (Å²) >= 11 is 3.64. The first-order valence-electron chi connectivity index (χ1n) is 10.2. The summed E-state index contributed by atoms with van der Waals surface area (Å²) < 4.78 is 3.56. The van der Waals surface area contributed by atoms with Crippen molar-refractivity contribution in [1.29, 1.82) is 0 Å². The quantitative estimate of drug-likeness (QED) is 0.252. The third-order valence-electron chi connectivity index (χ3n) is 5.46. The first-order chi connectivity index (χ1) is 15.2. The lowest BCUT2D eigenvalue weighted by molar-refractivity contribution is -0.642. The molecule has 1 aromatic heterocycles. The minimum Gasteiger partial charge on any atom is -0.338 e. The van der Waals surface area contributed by atoms with Crippen molar-refractivity contribution in [2.45, 2.75) is 4.90 Å². The number of thioether (sulfide) groups is 1. The Balaban J connectivity index is 1.51. The number of anilines is 1. The van der Waals surface area contributed by atoms with Gasteiger partial charge in [0.15, 0.2) is 0 Å². The summed E-state index contributed by atoms with van der Waals surface area (Å²) in [5, 5.41) is 2.46. The minimum absolute atomic E-state index is 1.19. The Morgan fingerprint density at radius 3 is 2.45 bits per heavy atom. The van der Waals surface area contributed by atoms with Crippen LogP contribution in [0.1, 0.15) is 10.6 Å². The molecule has 0 unspecified atom stereocenters. The predicted octanol–water partition coefficient (Wildman–Crippen LogP) is 6.91. The Kier molecular flexibility index (Phi) is 5.49. The summed E-state index contributed by atoms with van der Waals surface area (Å²) in [6.45, 7) is 0. The van der Waals surface area contributed by atoms with E-state index in [-0.39, 0.29) is 0 Å². The average Bonchev–Trinajstić information content (AvgIpc) is 3.31. The Labute approximate surface area is 191 Å². The van der Waals surface area contributed by atoms with Crippen LogP contribution in [0.2, 0.25) is 0 Å². The van der Waals surface area contributed by atoms with E-state index in [0.29, 0.717) is 0 Å². The summed E-state index contributed by atoms with van der Waals surface area (Å²) in [4.78, 5) is 3.56. The predicted molar refractivity (Wildman–Crippen MR) is 135 cm³/mol. The second-order valence-electron chi connectivity index (χ2n) is 7.42. The van der Waals surface area contributed by atoms with Gasteiger partial charge in [-0.1, -0.05) is 83.8 Å². The number of nitrogens with zero attached hydrogens (tertiary/aromatic N) is 2. The van der Waals surface area contributed by atoms with Crippen molar-refractivity contribution in [2.75, 3.05) is 11.9 Å². The topological polar surface area (TPSA) is 7.12 Å². The fourth-order valence-electron chi connectivity index (χ4n) is 3.73. The molecule has 0 radical (unpaired) electrons. The zero-order valence-electron chi connectivity index (χ0n) is 17.5. The van der Waals surface area contributed by atoms with Crippen LogP contribution >= 0.6 is 23.1 Å². The highest BCUT2D eigenvalue weighted by molar-refractivity contribution is 8.03. The van der Waals surface area contributed by atoms with E-state index in [0.717, 1.165) is 0 Å². The Bertz CT molecular complexity index is 1330. The molecule has 2 heterocycles. The molecule has 1 aliphatic heterocycles. The highest BCUT2D eigenvalue weighted by Gasteiger charge is 2.20. The second kappa shape index (κ2) is 8.58. The Morgan fingerprint density at radius 2 is 1.65 bits per heavy atom. The molecule has 0 aliphatic carbocycles. The van der Waals surface area contributed by atoms with Gasteiger partial charge in [0, 0.05) is 24.1 Å². The third-order valence-corrected chi connectivity index (χ3v) is 7.83. The van der Waals surface area contributed by atoms with Crippen molar-refractivity contribution in [2.24, 2.45) is 7.05 Å². The van der Waals surface area contributed by atoms with Crippen LogP contribution in [0.15, 0.2) is 107 Å². The van der Waals surface area contributed by atoms with E-state index < -0.39 is 0 Å². The zero-order chi connectivity index (χ0) is 21.2. The van der Waals surface area contributed by atoms with Crippen molar-refractivity contribution in [3.63, 3.8) is 0 Å². The first-order valence-corrected chi connectivity index (χ1v) is 11.9. The number of thiazole rings is 1. The van der Waals surface area contributed by atoms with Gasteiger partial charge >= 0.3 is 0 Å². The van der Waals surface area contributed by atoms with Gasteiger partial charge in [-0.2, -0.15) is 4.57 Å². The number of fused-ring (bicyclic) bond motifs is 2. The molecule has 1 aliphatic rings. The van der Waals surface area contributed by atoms with E-state index in [1.54, 1.807) is 0 Å². The molecule has 0 atom stereocenters. The molecule has 0 bridgehead atoms. The molecule has 0 fully saturated rings. The SMILES string of the molecule is CN1/C(=C/C=C(/C=C/c2sc3ccccc3[n+]2C)c2ccccc2)Sc2ccccc21. The maximum absolute atomic E-state index is 2.26. The second-order valence-corrected chi connectivity index (χ2v) is 9.55. The number of hydrogen-bond donors (Lipinski definition) is 0. The Hall–Kier alpha value is -3.08. The van der Waals surface area contributed by atoms with Crippen molar-refractivity contribution >= 4 is 50.7 Å². The summed E-state index contributed by atoms with van der Waals surface area (Å²) in [6, 6.07) is 27.7. The number of rotatable bonds is 4. The number of benzene rings is 3. The van der Waals surface area contributed by atoms with Gasteiger partial charge in [-0.15, -0.1) is 0 Å². The molecule has 0 saturated heterocycles. The largest absolute Gasteiger partial charge is 0.338 e. The average molecular weight is 440 g/mol. The normalized spacial score (nSPS) is 15.4. The monoisotopic (exact) mass is 439 g/mol. The maximum atomic E-state index is 2.26. The van der Waals surface area contributed by atoms with Gasteiger partial charge in [0.1, 0.15) is 11.7 Å². The number of aryl methyl sites for hydroxylation is 1. The molecule has 4 aromatic rings. The molecule has 0 saturated carbocycles. The summed E-state index contributed by atoms with van der Waals surface area (Å²) in [5.74, 6) is 0. The lowest BCUT2D eigenvalue weighted by Gasteiger charge is -2.12. The molecule has 0 N–H and O–H groups in total. The van der Waals surface area contributed by atoms with Crippen LogP contribution in [0.5, 0.6) is 0 Å². The van der Waals surface area contributed by atoms with Crippen LogP contribution in [-0.4, -0.2) is 7.05 Å². The number of para-hydroxylation sites is 2. The number of aromatic nitrogens is 1. The van der Waals surface area contributed by atoms with E-state index in [1.807, 2.05) is 23.1 Å². The van der Waals surface area contributed by atoms with E-state index >= 15 is 0 Å². The molecule has 3 aromatic carbocycles. The van der Waals surface area contributed by atoms with E-state index in [9.17, 15) is 0 Å². The molecule has 31 heavy (non-hydrogen) atoms. The zero-order valence-corrected chi connectivity index (χ0v) is 19.2. The molecule has 0 amide bonds. The fourth-order valence-corrected chi connectivity index (χ4v) is 5.84. The van der Waals surface area contributed by atoms with Crippen molar-refractivity contribution in [3.05, 3.63) is 113 Å². The van der Waals surface area contributed by atoms with Gasteiger partial charge < -0.3 is 4.90 Å². The van der Waals surface area contributed by atoms with E-state index in [2.05, 4.69) is 127 Å². The molecule has 0 spiro atoms. The molecule has 5 rings (SSSR count). The number of hydrogen-bond acceptors (Lipinski definition) is 3. The maximum Gasteiger partial charge on any atom is 0.262 e. The minimum atomic E-state index is 1.19. The first kappa shape index (κ1) is 19.9. The van der Waals surface area contributed by atoms with Crippen LogP contribution in [0.3, 0.4) is 0 Å². The van der Waals surface area contributed by atoms with Crippen molar-refractivity contribution in [1.82, 2.24) is 0 Å². The molecule has 4 heteroatoms. The molecule has 2 nitrogen and oxygen atoms in total. The summed E-state index contributed by atoms with van der Waals surface area (Å²) in [6.07, 6.45) is 8.90. The van der Waals surface area contributed by atoms with Crippen LogP contribution in [0.25, 0.3) is 21.9 Å². The van der Waals surface area contributed by atoms with Crippen LogP contribution in [0, 0.1) is 0 Å².